The molecule has 0 aromatic heterocycles. The fraction of sp³-hybridized carbons (Fsp3) is 0.462. The average Bonchev–Trinajstić information content (AvgIpc) is 2.81. The van der Waals surface area contributed by atoms with Gasteiger partial charge in [0.15, 0.2) is 5.17 Å². The van der Waals surface area contributed by atoms with Gasteiger partial charge in [0.05, 0.1) is 18.8 Å². The first-order valence-electron chi connectivity index (χ1n) is 5.91. The van der Waals surface area contributed by atoms with Gasteiger partial charge in [-0.1, -0.05) is 25.6 Å². The molecule has 3 nitrogen and oxygen atoms in total. The highest BCUT2D eigenvalue weighted by atomic mass is 79.9. The first-order chi connectivity index (χ1) is 8.60. The number of hydrogen-bond acceptors (Lipinski definition) is 4. The molecule has 1 heterocycles. The van der Waals surface area contributed by atoms with Crippen molar-refractivity contribution in [1.29, 1.82) is 0 Å². The Kier molecular flexibility index (Phi) is 4.56. The highest BCUT2D eigenvalue weighted by molar-refractivity contribution is 9.10. The van der Waals surface area contributed by atoms with E-state index in [0.717, 1.165) is 26.8 Å². The molecule has 1 aromatic rings. The molecular formula is C13H17BrN2OS. The number of anilines is 1. The molecule has 2 rings (SSSR count). The van der Waals surface area contributed by atoms with Gasteiger partial charge in [-0.3, -0.25) is 4.99 Å². The Bertz CT molecular complexity index is 462. The lowest BCUT2D eigenvalue weighted by Gasteiger charge is -2.09. The lowest BCUT2D eigenvalue weighted by Crippen LogP contribution is -2.12. The molecule has 0 radical (unpaired) electrons. The molecule has 0 saturated carbocycles. The highest BCUT2D eigenvalue weighted by Gasteiger charge is 2.21. The van der Waals surface area contributed by atoms with Gasteiger partial charge in [-0.05, 0) is 34.0 Å². The van der Waals surface area contributed by atoms with Crippen molar-refractivity contribution in [1.82, 2.24) is 0 Å². The van der Waals surface area contributed by atoms with Gasteiger partial charge in [0.25, 0.3) is 0 Å². The number of aliphatic imine (C=N–C) groups is 1. The number of amidine groups is 1. The van der Waals surface area contributed by atoms with Crippen molar-refractivity contribution >= 4 is 38.5 Å². The Morgan fingerprint density at radius 3 is 2.89 bits per heavy atom. The molecule has 1 N–H and O–H groups in total. The van der Waals surface area contributed by atoms with Crippen molar-refractivity contribution in [2.24, 2.45) is 10.9 Å². The largest absolute Gasteiger partial charge is 0.497 e. The van der Waals surface area contributed by atoms with Crippen molar-refractivity contribution in [2.75, 3.05) is 18.2 Å². The third kappa shape index (κ3) is 3.20. The Morgan fingerprint density at radius 1 is 1.50 bits per heavy atom. The first-order valence-corrected chi connectivity index (χ1v) is 7.69. The van der Waals surface area contributed by atoms with Crippen LogP contribution in [0.4, 0.5) is 5.69 Å². The summed E-state index contributed by atoms with van der Waals surface area (Å²) in [5.41, 5.74) is 0.991. The lowest BCUT2D eigenvalue weighted by molar-refractivity contribution is 0.415. The van der Waals surface area contributed by atoms with Crippen LogP contribution in [0, 0.1) is 5.92 Å². The normalized spacial score (nSPS) is 18.9. The molecule has 5 heteroatoms. The van der Waals surface area contributed by atoms with Gasteiger partial charge in [-0.25, -0.2) is 0 Å². The quantitative estimate of drug-likeness (QED) is 0.910. The molecule has 0 fully saturated rings. The summed E-state index contributed by atoms with van der Waals surface area (Å²) >= 11 is 5.30. The van der Waals surface area contributed by atoms with Gasteiger partial charge in [0, 0.05) is 16.3 Å². The minimum Gasteiger partial charge on any atom is -0.497 e. The van der Waals surface area contributed by atoms with Crippen LogP contribution < -0.4 is 10.1 Å². The summed E-state index contributed by atoms with van der Waals surface area (Å²) in [6.45, 7) is 4.41. The zero-order chi connectivity index (χ0) is 13.1. The fourth-order valence-corrected chi connectivity index (χ4v) is 3.17. The molecular weight excluding hydrogens is 312 g/mol. The number of halogens is 1. The molecule has 1 aromatic carbocycles. The van der Waals surface area contributed by atoms with Crippen LogP contribution in [0.2, 0.25) is 0 Å². The third-order valence-corrected chi connectivity index (χ3v) is 4.54. The number of hydrogen-bond donors (Lipinski definition) is 1. The number of ether oxygens (including phenoxy) is 1. The summed E-state index contributed by atoms with van der Waals surface area (Å²) in [4.78, 5) is 4.69. The maximum absolute atomic E-state index is 5.23. The number of methoxy groups -OCH3 is 1. The Hall–Kier alpha value is -0.680. The molecule has 18 heavy (non-hydrogen) atoms. The molecule has 1 aliphatic heterocycles. The van der Waals surface area contributed by atoms with Crippen LogP contribution in [0.1, 0.15) is 13.8 Å². The van der Waals surface area contributed by atoms with Crippen LogP contribution in [-0.2, 0) is 0 Å². The average molecular weight is 329 g/mol. The Balaban J connectivity index is 2.12. The molecule has 1 atom stereocenters. The second-order valence-electron chi connectivity index (χ2n) is 4.53. The van der Waals surface area contributed by atoms with Gasteiger partial charge in [0.1, 0.15) is 5.75 Å². The van der Waals surface area contributed by atoms with E-state index in [1.807, 2.05) is 18.2 Å². The van der Waals surface area contributed by atoms with Crippen LogP contribution in [0.3, 0.4) is 0 Å². The van der Waals surface area contributed by atoms with Gasteiger partial charge in [-0.2, -0.15) is 0 Å². The second-order valence-corrected chi connectivity index (χ2v) is 6.39. The number of rotatable bonds is 3. The van der Waals surface area contributed by atoms with E-state index in [2.05, 4.69) is 40.1 Å². The number of nitrogens with zero attached hydrogens (tertiary/aromatic N) is 1. The summed E-state index contributed by atoms with van der Waals surface area (Å²) in [5.74, 6) is 2.48. The minimum absolute atomic E-state index is 0.418. The predicted octanol–water partition coefficient (Wildman–Crippen LogP) is 4.00. The topological polar surface area (TPSA) is 33.6 Å². The third-order valence-electron chi connectivity index (χ3n) is 2.86. The molecule has 1 aliphatic rings. The number of nitrogens with one attached hydrogen (secondary N) is 1. The summed E-state index contributed by atoms with van der Waals surface area (Å²) < 4.78 is 6.24. The zero-order valence-corrected chi connectivity index (χ0v) is 13.1. The van der Waals surface area contributed by atoms with E-state index in [1.54, 1.807) is 18.9 Å². The highest BCUT2D eigenvalue weighted by Crippen LogP contribution is 2.30. The predicted molar refractivity (Wildman–Crippen MR) is 82.8 cm³/mol. The van der Waals surface area contributed by atoms with Gasteiger partial charge >= 0.3 is 0 Å². The van der Waals surface area contributed by atoms with Gasteiger partial charge in [0.2, 0.25) is 0 Å². The summed E-state index contributed by atoms with van der Waals surface area (Å²) in [7, 11) is 1.67. The maximum atomic E-state index is 5.23. The standard InChI is InChI=1S/C13H17BrN2OS/c1-8(2)12-7-18-13(16-12)15-11-6-9(17-3)4-5-10(11)14/h4-6,8,12H,7H2,1-3H3,(H,15,16). The summed E-state index contributed by atoms with van der Waals surface area (Å²) in [6, 6.07) is 6.29. The van der Waals surface area contributed by atoms with Gasteiger partial charge in [-0.15, -0.1) is 0 Å². The Morgan fingerprint density at radius 2 is 2.28 bits per heavy atom. The van der Waals surface area contributed by atoms with Crippen LogP contribution in [0.25, 0.3) is 0 Å². The molecule has 0 bridgehead atoms. The van der Waals surface area contributed by atoms with Crippen LogP contribution in [-0.4, -0.2) is 24.1 Å². The van der Waals surface area contributed by atoms with Crippen LogP contribution in [0.5, 0.6) is 5.75 Å². The molecule has 0 saturated heterocycles. The lowest BCUT2D eigenvalue weighted by atomic mass is 10.1. The second kappa shape index (κ2) is 5.97. The van der Waals surface area contributed by atoms with E-state index in [0.29, 0.717) is 12.0 Å². The van der Waals surface area contributed by atoms with Crippen LogP contribution in [0.15, 0.2) is 27.7 Å². The van der Waals surface area contributed by atoms with E-state index < -0.39 is 0 Å². The SMILES string of the molecule is COc1ccc(Br)c(NC2=NC(C(C)C)CS2)c1. The van der Waals surface area contributed by atoms with Crippen molar-refractivity contribution in [3.05, 3.63) is 22.7 Å². The number of benzene rings is 1. The molecule has 98 valence electrons. The smallest absolute Gasteiger partial charge is 0.161 e. The van der Waals surface area contributed by atoms with Crippen molar-refractivity contribution in [3.63, 3.8) is 0 Å². The van der Waals surface area contributed by atoms with E-state index >= 15 is 0 Å². The zero-order valence-electron chi connectivity index (χ0n) is 10.7. The first kappa shape index (κ1) is 13.7. The molecule has 0 amide bonds. The molecule has 1 unspecified atom stereocenters. The van der Waals surface area contributed by atoms with Crippen molar-refractivity contribution < 1.29 is 4.74 Å². The van der Waals surface area contributed by atoms with Crippen LogP contribution >= 0.6 is 27.7 Å². The van der Waals surface area contributed by atoms with E-state index in [-0.39, 0.29) is 0 Å². The van der Waals surface area contributed by atoms with E-state index in [4.69, 9.17) is 4.74 Å². The van der Waals surface area contributed by atoms with Crippen molar-refractivity contribution in [3.8, 4) is 5.75 Å². The summed E-state index contributed by atoms with van der Waals surface area (Å²) in [5, 5.41) is 4.34. The minimum atomic E-state index is 0.418. The molecule has 0 spiro atoms. The van der Waals surface area contributed by atoms with E-state index in [9.17, 15) is 0 Å². The number of thioether (sulfide) groups is 1. The monoisotopic (exact) mass is 328 g/mol. The molecule has 0 aliphatic carbocycles. The fourth-order valence-electron chi connectivity index (χ4n) is 1.64. The van der Waals surface area contributed by atoms with Crippen molar-refractivity contribution in [2.45, 2.75) is 19.9 Å². The Labute approximate surface area is 121 Å². The van der Waals surface area contributed by atoms with E-state index in [1.165, 1.54) is 0 Å². The summed E-state index contributed by atoms with van der Waals surface area (Å²) in [6.07, 6.45) is 0. The van der Waals surface area contributed by atoms with Gasteiger partial charge < -0.3 is 10.1 Å². The maximum Gasteiger partial charge on any atom is 0.161 e.